The lowest BCUT2D eigenvalue weighted by molar-refractivity contribution is 0.0722. The minimum atomic E-state index is -0.523. The summed E-state index contributed by atoms with van der Waals surface area (Å²) >= 11 is 0. The van der Waals surface area contributed by atoms with Gasteiger partial charge in [0.05, 0.1) is 0 Å². The number of H-pyrrole nitrogens is 2. The summed E-state index contributed by atoms with van der Waals surface area (Å²) in [5, 5.41) is 12.8. The van der Waals surface area contributed by atoms with E-state index in [1.807, 2.05) is 30.5 Å². The second-order valence-electron chi connectivity index (χ2n) is 8.15. The maximum Gasteiger partial charge on any atom is 0.128 e. The van der Waals surface area contributed by atoms with Crippen LogP contribution in [0.15, 0.2) is 60.9 Å². The van der Waals surface area contributed by atoms with Crippen molar-refractivity contribution < 1.29 is 9.84 Å². The predicted molar refractivity (Wildman–Crippen MR) is 122 cm³/mol. The van der Waals surface area contributed by atoms with Crippen LogP contribution >= 0.6 is 0 Å². The number of aliphatic hydroxyl groups excluding tert-OH is 1. The Kier molecular flexibility index (Phi) is 5.07. The second kappa shape index (κ2) is 8.01. The Hall–Kier alpha value is -3.02. The smallest absolute Gasteiger partial charge is 0.128 e. The molecule has 0 bridgehead atoms. The molecule has 1 atom stereocenters. The quantitative estimate of drug-likeness (QED) is 0.446. The molecular formula is C25H27N3O2. The molecule has 3 N–H and O–H groups in total. The number of rotatable bonds is 6. The van der Waals surface area contributed by atoms with E-state index in [1.165, 1.54) is 27.6 Å². The van der Waals surface area contributed by atoms with Crippen LogP contribution in [0.1, 0.15) is 17.5 Å². The van der Waals surface area contributed by atoms with E-state index in [2.05, 4.69) is 52.3 Å². The van der Waals surface area contributed by atoms with E-state index in [0.29, 0.717) is 13.2 Å². The Balaban J connectivity index is 1.19. The maximum atomic E-state index is 10.5. The molecule has 0 unspecified atom stereocenters. The van der Waals surface area contributed by atoms with Crippen LogP contribution in [0.4, 0.5) is 0 Å². The first-order chi connectivity index (χ1) is 14.7. The van der Waals surface area contributed by atoms with E-state index in [-0.39, 0.29) is 0 Å². The molecule has 1 aliphatic heterocycles. The Morgan fingerprint density at radius 1 is 1.10 bits per heavy atom. The molecule has 1 aliphatic rings. The highest BCUT2D eigenvalue weighted by molar-refractivity contribution is 5.93. The largest absolute Gasteiger partial charge is 0.490 e. The Bertz CT molecular complexity index is 1200. The summed E-state index contributed by atoms with van der Waals surface area (Å²) in [4.78, 5) is 8.87. The van der Waals surface area contributed by atoms with Crippen molar-refractivity contribution in [3.63, 3.8) is 0 Å². The number of aromatic amines is 2. The Morgan fingerprint density at radius 2 is 2.03 bits per heavy atom. The van der Waals surface area contributed by atoms with Gasteiger partial charge in [0.2, 0.25) is 0 Å². The van der Waals surface area contributed by atoms with Gasteiger partial charge in [0.15, 0.2) is 0 Å². The summed E-state index contributed by atoms with van der Waals surface area (Å²) in [6.45, 7) is 4.80. The van der Waals surface area contributed by atoms with Crippen molar-refractivity contribution in [1.82, 2.24) is 14.9 Å². The number of hydrogen-bond acceptors (Lipinski definition) is 3. The van der Waals surface area contributed by atoms with E-state index >= 15 is 0 Å². The first kappa shape index (κ1) is 19.0. The third-order valence-electron chi connectivity index (χ3n) is 5.93. The third-order valence-corrected chi connectivity index (χ3v) is 5.93. The summed E-state index contributed by atoms with van der Waals surface area (Å²) in [7, 11) is 0. The number of ether oxygens (including phenoxy) is 1. The van der Waals surface area contributed by atoms with Crippen LogP contribution in [0.3, 0.4) is 0 Å². The topological polar surface area (TPSA) is 64.3 Å². The molecule has 5 heteroatoms. The van der Waals surface area contributed by atoms with Crippen molar-refractivity contribution in [3.8, 4) is 5.75 Å². The molecule has 0 fully saturated rings. The number of aromatic nitrogens is 2. The van der Waals surface area contributed by atoms with Crippen molar-refractivity contribution in [3.05, 3.63) is 72.1 Å². The van der Waals surface area contributed by atoms with E-state index in [4.69, 9.17) is 4.74 Å². The Labute approximate surface area is 176 Å². The number of fused-ring (bicyclic) bond motifs is 2. The van der Waals surface area contributed by atoms with Gasteiger partial charge in [-0.15, -0.1) is 0 Å². The van der Waals surface area contributed by atoms with Crippen molar-refractivity contribution in [2.45, 2.75) is 19.4 Å². The fourth-order valence-corrected chi connectivity index (χ4v) is 4.35. The zero-order valence-corrected chi connectivity index (χ0v) is 17.2. The standard InChI is InChI=1S/C25H27N3O2/c1-17-5-6-20-22(14-27-24(20)13-17)18-8-11-28(12-9-18)15-19(29)16-30-25-4-2-3-23-21(25)7-10-26-23/h2-8,10,13-14,19,26-27,29H,9,11-12,15-16H2,1H3/t19-/m0/s1. The lowest BCUT2D eigenvalue weighted by atomic mass is 9.98. The normalized spacial score (nSPS) is 16.1. The van der Waals surface area contributed by atoms with Crippen LogP contribution in [0.5, 0.6) is 5.75 Å². The van der Waals surface area contributed by atoms with E-state index in [9.17, 15) is 5.11 Å². The summed E-state index contributed by atoms with van der Waals surface area (Å²) < 4.78 is 5.90. The number of hydrogen-bond donors (Lipinski definition) is 3. The lowest BCUT2D eigenvalue weighted by Crippen LogP contribution is -2.38. The van der Waals surface area contributed by atoms with Gasteiger partial charge in [-0.05, 0) is 48.7 Å². The minimum absolute atomic E-state index is 0.291. The first-order valence-corrected chi connectivity index (χ1v) is 10.5. The zero-order chi connectivity index (χ0) is 20.5. The van der Waals surface area contributed by atoms with Crippen LogP contribution in [0.25, 0.3) is 27.4 Å². The first-order valence-electron chi connectivity index (χ1n) is 10.5. The number of nitrogens with one attached hydrogen (secondary N) is 2. The summed E-state index contributed by atoms with van der Waals surface area (Å²) in [5.74, 6) is 0.809. The van der Waals surface area contributed by atoms with Gasteiger partial charge in [-0.1, -0.05) is 24.3 Å². The van der Waals surface area contributed by atoms with E-state index in [0.717, 1.165) is 36.2 Å². The molecule has 0 aliphatic carbocycles. The average molecular weight is 402 g/mol. The molecule has 2 aromatic heterocycles. The molecule has 0 spiro atoms. The van der Waals surface area contributed by atoms with E-state index < -0.39 is 6.10 Å². The highest BCUT2D eigenvalue weighted by Gasteiger charge is 2.18. The van der Waals surface area contributed by atoms with Crippen LogP contribution in [0.2, 0.25) is 0 Å². The van der Waals surface area contributed by atoms with Gasteiger partial charge < -0.3 is 19.8 Å². The maximum absolute atomic E-state index is 10.5. The summed E-state index contributed by atoms with van der Waals surface area (Å²) in [6.07, 6.45) is 6.78. The minimum Gasteiger partial charge on any atom is -0.490 e. The Morgan fingerprint density at radius 3 is 2.90 bits per heavy atom. The van der Waals surface area contributed by atoms with Gasteiger partial charge in [0, 0.05) is 59.4 Å². The van der Waals surface area contributed by atoms with Gasteiger partial charge in [-0.3, -0.25) is 4.90 Å². The molecule has 5 nitrogen and oxygen atoms in total. The third kappa shape index (κ3) is 3.74. The molecular weight excluding hydrogens is 374 g/mol. The van der Waals surface area contributed by atoms with Gasteiger partial charge in [0.1, 0.15) is 18.5 Å². The lowest BCUT2D eigenvalue weighted by Gasteiger charge is -2.28. The van der Waals surface area contributed by atoms with Gasteiger partial charge >= 0.3 is 0 Å². The molecule has 0 saturated carbocycles. The molecule has 0 amide bonds. The highest BCUT2D eigenvalue weighted by Crippen LogP contribution is 2.30. The summed E-state index contributed by atoms with van der Waals surface area (Å²) in [6, 6.07) is 14.5. The fraction of sp³-hybridized carbons (Fsp3) is 0.280. The van der Waals surface area contributed by atoms with Gasteiger partial charge in [-0.2, -0.15) is 0 Å². The van der Waals surface area contributed by atoms with E-state index in [1.54, 1.807) is 0 Å². The molecule has 2 aromatic carbocycles. The highest BCUT2D eigenvalue weighted by atomic mass is 16.5. The second-order valence-corrected chi connectivity index (χ2v) is 8.15. The molecule has 0 radical (unpaired) electrons. The predicted octanol–water partition coefficient (Wildman–Crippen LogP) is 4.49. The number of nitrogens with zero attached hydrogens (tertiary/aromatic N) is 1. The number of aryl methyl sites for hydroxylation is 1. The fourth-order valence-electron chi connectivity index (χ4n) is 4.35. The number of β-amino-alcohol motifs (C(OH)–C–C–N with tert-alkyl or cyclic N) is 1. The van der Waals surface area contributed by atoms with Crippen LogP contribution < -0.4 is 4.74 Å². The molecule has 30 heavy (non-hydrogen) atoms. The van der Waals surface area contributed by atoms with Crippen molar-refractivity contribution in [1.29, 1.82) is 0 Å². The van der Waals surface area contributed by atoms with Crippen LogP contribution in [0, 0.1) is 6.92 Å². The zero-order valence-electron chi connectivity index (χ0n) is 17.2. The SMILES string of the molecule is Cc1ccc2c(C3=CCN(C[C@H](O)COc4cccc5[nH]ccc45)CC3)c[nH]c2c1. The average Bonchev–Trinajstić information content (AvgIpc) is 3.39. The number of benzene rings is 2. The molecule has 4 aromatic rings. The van der Waals surface area contributed by atoms with Crippen molar-refractivity contribution in [2.75, 3.05) is 26.2 Å². The molecule has 3 heterocycles. The number of aliphatic hydroxyl groups is 1. The molecule has 154 valence electrons. The van der Waals surface area contributed by atoms with Crippen molar-refractivity contribution >= 4 is 27.4 Å². The van der Waals surface area contributed by atoms with Gasteiger partial charge in [0.25, 0.3) is 0 Å². The van der Waals surface area contributed by atoms with Crippen molar-refractivity contribution in [2.24, 2.45) is 0 Å². The van der Waals surface area contributed by atoms with Gasteiger partial charge in [-0.25, -0.2) is 0 Å². The van der Waals surface area contributed by atoms with Crippen LogP contribution in [-0.2, 0) is 0 Å². The molecule has 0 saturated heterocycles. The molecule has 5 rings (SSSR count). The summed E-state index contributed by atoms with van der Waals surface area (Å²) in [5.41, 5.74) is 6.18. The monoisotopic (exact) mass is 401 g/mol. The van der Waals surface area contributed by atoms with Crippen LogP contribution in [-0.4, -0.2) is 52.3 Å².